The Hall–Kier alpha value is -1.32. The summed E-state index contributed by atoms with van der Waals surface area (Å²) in [7, 11) is 0. The van der Waals surface area contributed by atoms with Crippen molar-refractivity contribution in [3.63, 3.8) is 0 Å². The fourth-order valence-corrected chi connectivity index (χ4v) is 4.55. The van der Waals surface area contributed by atoms with Gasteiger partial charge in [0.25, 0.3) is 0 Å². The summed E-state index contributed by atoms with van der Waals surface area (Å²) < 4.78 is 2.14. The molecule has 0 atom stereocenters. The molecule has 1 aromatic rings. The van der Waals surface area contributed by atoms with Crippen LogP contribution in [0.5, 0.6) is 0 Å². The highest BCUT2D eigenvalue weighted by atomic mass is 16.2. The van der Waals surface area contributed by atoms with Crippen molar-refractivity contribution in [2.24, 2.45) is 11.8 Å². The van der Waals surface area contributed by atoms with Gasteiger partial charge >= 0.3 is 0 Å². The van der Waals surface area contributed by atoms with Gasteiger partial charge in [0, 0.05) is 36.7 Å². The summed E-state index contributed by atoms with van der Waals surface area (Å²) in [5.41, 5.74) is 2.57. The second-order valence-corrected chi connectivity index (χ2v) is 9.07. The van der Waals surface area contributed by atoms with E-state index in [1.807, 2.05) is 6.20 Å². The predicted molar refractivity (Wildman–Crippen MR) is 101 cm³/mol. The van der Waals surface area contributed by atoms with Crippen LogP contribution in [0, 0.1) is 11.8 Å². The van der Waals surface area contributed by atoms with Crippen LogP contribution in [-0.2, 0) is 23.3 Å². The number of carbonyl (C=O) groups is 1. The summed E-state index contributed by atoms with van der Waals surface area (Å²) in [6.45, 7) is 10.4. The number of hydrogen-bond acceptors (Lipinski definition) is 2. The van der Waals surface area contributed by atoms with Crippen molar-refractivity contribution in [1.29, 1.82) is 0 Å². The van der Waals surface area contributed by atoms with E-state index >= 15 is 0 Å². The maximum atomic E-state index is 13.0. The monoisotopic (exact) mass is 345 g/mol. The Labute approximate surface area is 153 Å². The molecule has 4 nitrogen and oxygen atoms in total. The molecule has 0 bridgehead atoms. The van der Waals surface area contributed by atoms with Crippen LogP contribution in [0.4, 0.5) is 0 Å². The summed E-state index contributed by atoms with van der Waals surface area (Å²) in [6, 6.07) is 0. The minimum Gasteiger partial charge on any atom is -0.338 e. The number of aromatic nitrogens is 2. The molecule has 2 aliphatic rings. The third kappa shape index (κ3) is 4.09. The summed E-state index contributed by atoms with van der Waals surface area (Å²) in [6.07, 6.45) is 11.6. The Bertz CT molecular complexity index is 591. The van der Waals surface area contributed by atoms with Crippen molar-refractivity contribution in [2.45, 2.75) is 91.1 Å². The minimum absolute atomic E-state index is 0.0105. The Morgan fingerprint density at radius 1 is 1.24 bits per heavy atom. The average molecular weight is 346 g/mol. The van der Waals surface area contributed by atoms with Gasteiger partial charge in [-0.2, -0.15) is 5.10 Å². The fourth-order valence-electron chi connectivity index (χ4n) is 4.55. The average Bonchev–Trinajstić information content (AvgIpc) is 3.03. The molecular weight excluding hydrogens is 310 g/mol. The Balaban J connectivity index is 1.58. The zero-order valence-electron chi connectivity index (χ0n) is 16.6. The van der Waals surface area contributed by atoms with Gasteiger partial charge in [-0.15, -0.1) is 0 Å². The minimum atomic E-state index is 0.0105. The summed E-state index contributed by atoms with van der Waals surface area (Å²) in [4.78, 5) is 15.1. The molecule has 0 aromatic carbocycles. The van der Waals surface area contributed by atoms with E-state index in [4.69, 9.17) is 0 Å². The van der Waals surface area contributed by atoms with Crippen molar-refractivity contribution >= 4 is 5.91 Å². The predicted octanol–water partition coefficient (Wildman–Crippen LogP) is 4.52. The zero-order chi connectivity index (χ0) is 18.0. The molecule has 4 heteroatoms. The third-order valence-electron chi connectivity index (χ3n) is 6.04. The number of rotatable bonds is 4. The molecule has 2 heterocycles. The number of nitrogens with zero attached hydrogens (tertiary/aromatic N) is 3. The van der Waals surface area contributed by atoms with Crippen LogP contribution in [-0.4, -0.2) is 27.1 Å². The van der Waals surface area contributed by atoms with Gasteiger partial charge < -0.3 is 4.90 Å². The van der Waals surface area contributed by atoms with E-state index in [-0.39, 0.29) is 11.5 Å². The first-order valence-electron chi connectivity index (χ1n) is 10.2. The van der Waals surface area contributed by atoms with E-state index in [1.54, 1.807) is 0 Å². The highest BCUT2D eigenvalue weighted by Gasteiger charge is 2.32. The molecule has 3 rings (SSSR count). The third-order valence-corrected chi connectivity index (χ3v) is 6.04. The molecule has 0 spiro atoms. The Morgan fingerprint density at radius 2 is 1.96 bits per heavy atom. The van der Waals surface area contributed by atoms with Crippen LogP contribution < -0.4 is 0 Å². The molecule has 0 radical (unpaired) electrons. The lowest BCUT2D eigenvalue weighted by molar-refractivity contribution is -0.137. The lowest BCUT2D eigenvalue weighted by Crippen LogP contribution is -2.41. The molecule has 1 fully saturated rings. The van der Waals surface area contributed by atoms with Crippen LogP contribution in [0.25, 0.3) is 0 Å². The molecule has 0 N–H and O–H groups in total. The van der Waals surface area contributed by atoms with E-state index in [2.05, 4.69) is 42.4 Å². The van der Waals surface area contributed by atoms with Crippen LogP contribution >= 0.6 is 0 Å². The van der Waals surface area contributed by atoms with Crippen molar-refractivity contribution in [3.05, 3.63) is 17.5 Å². The Morgan fingerprint density at radius 3 is 2.60 bits per heavy atom. The van der Waals surface area contributed by atoms with E-state index in [9.17, 15) is 4.79 Å². The lowest BCUT2D eigenvalue weighted by atomic mass is 9.79. The zero-order valence-corrected chi connectivity index (χ0v) is 16.6. The van der Waals surface area contributed by atoms with Crippen molar-refractivity contribution in [3.8, 4) is 0 Å². The van der Waals surface area contributed by atoms with Gasteiger partial charge in [0.2, 0.25) is 5.91 Å². The lowest BCUT2D eigenvalue weighted by Gasteiger charge is -2.35. The van der Waals surface area contributed by atoms with Crippen molar-refractivity contribution in [2.75, 3.05) is 6.54 Å². The smallest absolute Gasteiger partial charge is 0.225 e. The topological polar surface area (TPSA) is 38.1 Å². The molecule has 1 aromatic heterocycles. The van der Waals surface area contributed by atoms with Gasteiger partial charge in [0.05, 0.1) is 11.7 Å². The van der Waals surface area contributed by atoms with Gasteiger partial charge in [-0.25, -0.2) is 0 Å². The van der Waals surface area contributed by atoms with Gasteiger partial charge in [-0.05, 0) is 52.4 Å². The van der Waals surface area contributed by atoms with E-state index in [0.29, 0.717) is 5.91 Å². The first kappa shape index (κ1) is 18.5. The van der Waals surface area contributed by atoms with Crippen LogP contribution in [0.1, 0.15) is 83.9 Å². The second kappa shape index (κ2) is 7.51. The van der Waals surface area contributed by atoms with E-state index in [0.717, 1.165) is 38.3 Å². The Kier molecular flexibility index (Phi) is 5.55. The number of hydrogen-bond donors (Lipinski definition) is 0. The van der Waals surface area contributed by atoms with Crippen molar-refractivity contribution in [1.82, 2.24) is 14.7 Å². The first-order chi connectivity index (χ1) is 11.9. The SMILES string of the molecule is CCCCC1CCC(C(=O)N2CCc3c(cnn3C(C)(C)C)C2)CC1. The maximum absolute atomic E-state index is 13.0. The number of unbranched alkanes of at least 4 members (excludes halogenated alkanes) is 1. The van der Waals surface area contributed by atoms with E-state index in [1.165, 1.54) is 43.4 Å². The first-order valence-corrected chi connectivity index (χ1v) is 10.2. The van der Waals surface area contributed by atoms with E-state index < -0.39 is 0 Å². The van der Waals surface area contributed by atoms with Crippen LogP contribution in [0.15, 0.2) is 6.20 Å². The standard InChI is InChI=1S/C21H35N3O/c1-5-6-7-16-8-10-17(11-9-16)20(25)23-13-12-19-18(15-23)14-22-24(19)21(2,3)4/h14,16-17H,5-13,15H2,1-4H3. The quantitative estimate of drug-likeness (QED) is 0.805. The molecule has 0 saturated heterocycles. The van der Waals surface area contributed by atoms with Gasteiger partial charge in [0.1, 0.15) is 0 Å². The highest BCUT2D eigenvalue weighted by molar-refractivity contribution is 5.79. The van der Waals surface area contributed by atoms with Crippen molar-refractivity contribution < 1.29 is 4.79 Å². The molecule has 1 aliphatic heterocycles. The molecule has 140 valence electrons. The largest absolute Gasteiger partial charge is 0.338 e. The van der Waals surface area contributed by atoms with Crippen LogP contribution in [0.3, 0.4) is 0 Å². The number of carbonyl (C=O) groups excluding carboxylic acids is 1. The summed E-state index contributed by atoms with van der Waals surface area (Å²) in [5, 5.41) is 4.59. The van der Waals surface area contributed by atoms with Gasteiger partial charge in [-0.3, -0.25) is 9.48 Å². The molecule has 1 amide bonds. The molecule has 25 heavy (non-hydrogen) atoms. The second-order valence-electron chi connectivity index (χ2n) is 9.07. The van der Waals surface area contributed by atoms with Gasteiger partial charge in [-0.1, -0.05) is 26.2 Å². The molecular formula is C21H35N3O. The highest BCUT2D eigenvalue weighted by Crippen LogP contribution is 2.34. The summed E-state index contributed by atoms with van der Waals surface area (Å²) >= 11 is 0. The normalized spacial score (nSPS) is 24.2. The summed E-state index contributed by atoms with van der Waals surface area (Å²) in [5.74, 6) is 1.52. The van der Waals surface area contributed by atoms with Gasteiger partial charge in [0.15, 0.2) is 0 Å². The molecule has 1 aliphatic carbocycles. The fraction of sp³-hybridized carbons (Fsp3) is 0.810. The number of amides is 1. The van der Waals surface area contributed by atoms with Crippen LogP contribution in [0.2, 0.25) is 0 Å². The number of fused-ring (bicyclic) bond motifs is 1. The molecule has 1 saturated carbocycles. The maximum Gasteiger partial charge on any atom is 0.225 e. The molecule has 0 unspecified atom stereocenters.